The number of carbonyl (C=O) groups excluding carboxylic acids is 1. The summed E-state index contributed by atoms with van der Waals surface area (Å²) in [4.78, 5) is 12.7. The van der Waals surface area contributed by atoms with Crippen LogP contribution in [0.1, 0.15) is 4.88 Å². The molecule has 0 fully saturated rings. The van der Waals surface area contributed by atoms with Crippen molar-refractivity contribution in [3.63, 3.8) is 0 Å². The minimum atomic E-state index is -0.433. The number of tetrazole rings is 1. The second-order valence-electron chi connectivity index (χ2n) is 4.02. The van der Waals surface area contributed by atoms with Gasteiger partial charge in [0.25, 0.3) is 0 Å². The van der Waals surface area contributed by atoms with Crippen LogP contribution < -0.4 is 4.74 Å². The Hall–Kier alpha value is -2.80. The number of hydrogen-bond donors (Lipinski definition) is 0. The number of benzene rings is 1. The molecule has 0 saturated carbocycles. The van der Waals surface area contributed by atoms with E-state index in [0.717, 1.165) is 4.88 Å². The van der Waals surface area contributed by atoms with Gasteiger partial charge in [0.15, 0.2) is 0 Å². The molecule has 3 rings (SSSR count). The van der Waals surface area contributed by atoms with E-state index >= 15 is 0 Å². The summed E-state index contributed by atoms with van der Waals surface area (Å²) in [5, 5.41) is 12.8. The highest BCUT2D eigenvalue weighted by Crippen LogP contribution is 2.16. The van der Waals surface area contributed by atoms with Gasteiger partial charge in [0, 0.05) is 17.0 Å². The van der Waals surface area contributed by atoms with Crippen molar-refractivity contribution in [3.05, 3.63) is 59.1 Å². The van der Waals surface area contributed by atoms with E-state index in [1.54, 1.807) is 35.6 Å². The fraction of sp³-hybridized carbons (Fsp3) is 0. The van der Waals surface area contributed by atoms with Crippen LogP contribution in [-0.2, 0) is 4.79 Å². The molecule has 2 aromatic heterocycles. The molecule has 7 heteroatoms. The van der Waals surface area contributed by atoms with Crippen LogP contribution in [0.5, 0.6) is 5.75 Å². The van der Waals surface area contributed by atoms with E-state index in [1.807, 2.05) is 23.6 Å². The maximum atomic E-state index is 11.8. The first-order valence-corrected chi connectivity index (χ1v) is 6.96. The van der Waals surface area contributed by atoms with E-state index < -0.39 is 5.97 Å². The number of nitrogens with zero attached hydrogens (tertiary/aromatic N) is 4. The van der Waals surface area contributed by atoms with Gasteiger partial charge >= 0.3 is 5.97 Å². The molecule has 0 radical (unpaired) electrons. The van der Waals surface area contributed by atoms with Crippen LogP contribution >= 0.6 is 11.3 Å². The molecule has 0 aliphatic carbocycles. The van der Waals surface area contributed by atoms with Crippen molar-refractivity contribution in [2.24, 2.45) is 0 Å². The van der Waals surface area contributed by atoms with Crippen molar-refractivity contribution in [3.8, 4) is 11.4 Å². The summed E-state index contributed by atoms with van der Waals surface area (Å²) in [5.74, 6) is 0.00101. The van der Waals surface area contributed by atoms with Gasteiger partial charge in [-0.2, -0.15) is 0 Å². The van der Waals surface area contributed by atoms with Crippen LogP contribution in [0, 0.1) is 0 Å². The normalized spacial score (nSPS) is 10.9. The average molecular weight is 298 g/mol. The molecule has 0 unspecified atom stereocenters. The summed E-state index contributed by atoms with van der Waals surface area (Å²) in [6.07, 6.45) is 4.59. The zero-order valence-electron chi connectivity index (χ0n) is 10.8. The molecule has 0 saturated heterocycles. The highest BCUT2D eigenvalue weighted by atomic mass is 32.1. The molecule has 6 nitrogen and oxygen atoms in total. The van der Waals surface area contributed by atoms with E-state index in [9.17, 15) is 4.79 Å². The Morgan fingerprint density at radius 1 is 1.29 bits per heavy atom. The van der Waals surface area contributed by atoms with Gasteiger partial charge in [-0.15, -0.1) is 16.4 Å². The second kappa shape index (κ2) is 6.10. The summed E-state index contributed by atoms with van der Waals surface area (Å²) in [5.41, 5.74) is 0.715. The largest absolute Gasteiger partial charge is 0.423 e. The highest BCUT2D eigenvalue weighted by Gasteiger charge is 2.04. The van der Waals surface area contributed by atoms with Gasteiger partial charge < -0.3 is 4.74 Å². The number of hydrogen-bond acceptors (Lipinski definition) is 6. The fourth-order valence-electron chi connectivity index (χ4n) is 1.66. The Balaban J connectivity index is 1.70. The van der Waals surface area contributed by atoms with Crippen molar-refractivity contribution in [2.75, 3.05) is 0 Å². The van der Waals surface area contributed by atoms with Crippen LogP contribution in [0.3, 0.4) is 0 Å². The molecule has 0 amide bonds. The quantitative estimate of drug-likeness (QED) is 0.420. The van der Waals surface area contributed by atoms with Crippen LogP contribution in [0.25, 0.3) is 11.8 Å². The summed E-state index contributed by atoms with van der Waals surface area (Å²) in [6.45, 7) is 0. The first-order chi connectivity index (χ1) is 10.3. The Bertz CT molecular complexity index is 751. The van der Waals surface area contributed by atoms with Gasteiger partial charge in [-0.05, 0) is 40.1 Å². The lowest BCUT2D eigenvalue weighted by molar-refractivity contribution is -0.128. The highest BCUT2D eigenvalue weighted by molar-refractivity contribution is 7.10. The summed E-state index contributed by atoms with van der Waals surface area (Å²) < 4.78 is 6.73. The van der Waals surface area contributed by atoms with Crippen LogP contribution in [0.15, 0.2) is 54.2 Å². The number of carbonyl (C=O) groups is 1. The third kappa shape index (κ3) is 3.40. The molecule has 0 atom stereocenters. The Kier molecular flexibility index (Phi) is 3.83. The smallest absolute Gasteiger partial charge is 0.336 e. The minimum absolute atomic E-state index is 0.433. The number of thiophene rings is 1. The van der Waals surface area contributed by atoms with E-state index in [4.69, 9.17) is 4.74 Å². The number of aromatic nitrogens is 4. The van der Waals surface area contributed by atoms with Crippen LogP contribution in [0.2, 0.25) is 0 Å². The summed E-state index contributed by atoms with van der Waals surface area (Å²) in [6, 6.07) is 10.8. The SMILES string of the molecule is O=C(C=Cc1cccs1)Oc1cccc(-n2cnnn2)c1. The van der Waals surface area contributed by atoms with Crippen molar-refractivity contribution in [1.82, 2.24) is 20.2 Å². The Labute approximate surface area is 124 Å². The maximum absolute atomic E-state index is 11.8. The molecule has 0 aliphatic rings. The molecular formula is C14H10N4O2S. The molecule has 3 aromatic rings. The van der Waals surface area contributed by atoms with Crippen molar-refractivity contribution >= 4 is 23.4 Å². The standard InChI is InChI=1S/C14H10N4O2S/c19-14(7-6-13-5-2-8-21-13)20-12-4-1-3-11(9-12)18-10-15-16-17-18/h1-10H. The lowest BCUT2D eigenvalue weighted by atomic mass is 10.3. The molecule has 0 N–H and O–H groups in total. The predicted molar refractivity (Wildman–Crippen MR) is 78.1 cm³/mol. The monoisotopic (exact) mass is 298 g/mol. The Morgan fingerprint density at radius 2 is 2.24 bits per heavy atom. The number of ether oxygens (including phenoxy) is 1. The molecule has 0 spiro atoms. The Morgan fingerprint density at radius 3 is 3.00 bits per heavy atom. The lowest BCUT2D eigenvalue weighted by Gasteiger charge is -2.03. The summed E-state index contributed by atoms with van der Waals surface area (Å²) in [7, 11) is 0. The van der Waals surface area contributed by atoms with E-state index in [2.05, 4.69) is 15.5 Å². The van der Waals surface area contributed by atoms with Gasteiger partial charge in [-0.25, -0.2) is 9.48 Å². The molecule has 21 heavy (non-hydrogen) atoms. The molecule has 0 aliphatic heterocycles. The first kappa shape index (κ1) is 13.2. The second-order valence-corrected chi connectivity index (χ2v) is 5.00. The molecule has 104 valence electrons. The molecule has 0 bridgehead atoms. The molecular weight excluding hydrogens is 288 g/mol. The van der Waals surface area contributed by atoms with Crippen molar-refractivity contribution in [2.45, 2.75) is 0 Å². The maximum Gasteiger partial charge on any atom is 0.336 e. The van der Waals surface area contributed by atoms with Gasteiger partial charge in [0.1, 0.15) is 12.1 Å². The third-order valence-corrected chi connectivity index (χ3v) is 3.41. The zero-order chi connectivity index (χ0) is 14.5. The number of rotatable bonds is 4. The predicted octanol–water partition coefficient (Wildman–Crippen LogP) is 2.34. The molecule has 1 aromatic carbocycles. The minimum Gasteiger partial charge on any atom is -0.423 e. The van der Waals surface area contributed by atoms with Gasteiger partial charge in [-0.3, -0.25) is 0 Å². The fourth-order valence-corrected chi connectivity index (χ4v) is 2.27. The van der Waals surface area contributed by atoms with Crippen LogP contribution in [0.4, 0.5) is 0 Å². The van der Waals surface area contributed by atoms with Crippen molar-refractivity contribution < 1.29 is 9.53 Å². The molecule has 2 heterocycles. The van der Waals surface area contributed by atoms with Gasteiger partial charge in [0.05, 0.1) is 5.69 Å². The topological polar surface area (TPSA) is 69.9 Å². The van der Waals surface area contributed by atoms with E-state index in [-0.39, 0.29) is 0 Å². The van der Waals surface area contributed by atoms with Crippen LogP contribution in [-0.4, -0.2) is 26.2 Å². The van der Waals surface area contributed by atoms with E-state index in [1.165, 1.54) is 17.1 Å². The first-order valence-electron chi connectivity index (χ1n) is 6.08. The average Bonchev–Trinajstić information content (AvgIpc) is 3.19. The van der Waals surface area contributed by atoms with Gasteiger partial charge in [0.2, 0.25) is 0 Å². The van der Waals surface area contributed by atoms with Gasteiger partial charge in [-0.1, -0.05) is 12.1 Å². The van der Waals surface area contributed by atoms with Crippen molar-refractivity contribution in [1.29, 1.82) is 0 Å². The zero-order valence-corrected chi connectivity index (χ0v) is 11.6. The number of esters is 1. The summed E-state index contributed by atoms with van der Waals surface area (Å²) >= 11 is 1.55. The lowest BCUT2D eigenvalue weighted by Crippen LogP contribution is -2.04. The third-order valence-electron chi connectivity index (χ3n) is 2.58. The van der Waals surface area contributed by atoms with E-state index in [0.29, 0.717) is 11.4 Å².